The van der Waals surface area contributed by atoms with Crippen LogP contribution in [0.3, 0.4) is 0 Å². The van der Waals surface area contributed by atoms with E-state index >= 15 is 0 Å². The number of amides is 1. The van der Waals surface area contributed by atoms with Crippen LogP contribution < -0.4 is 5.32 Å². The number of pyridine rings is 1. The Morgan fingerprint density at radius 3 is 2.95 bits per heavy atom. The van der Waals surface area contributed by atoms with Crippen LogP contribution in [-0.4, -0.2) is 27.2 Å². The minimum absolute atomic E-state index is 0.000901. The molecule has 0 bridgehead atoms. The molecule has 1 aliphatic carbocycles. The van der Waals surface area contributed by atoms with E-state index in [1.54, 1.807) is 6.20 Å². The highest BCUT2D eigenvalue weighted by Gasteiger charge is 2.21. The molecule has 0 radical (unpaired) electrons. The number of carbonyl (C=O) groups is 1. The van der Waals surface area contributed by atoms with E-state index in [0.29, 0.717) is 6.54 Å². The number of nitrogens with zero attached hydrogens (tertiary/aromatic N) is 3. The SMILES string of the molecule is CC(=O)NCCn1nc(-c2ccccn2)c2c1CCCC2. The molecule has 110 valence electrons. The molecule has 1 amide bonds. The van der Waals surface area contributed by atoms with Gasteiger partial charge in [-0.05, 0) is 37.8 Å². The lowest BCUT2D eigenvalue weighted by Crippen LogP contribution is -2.25. The van der Waals surface area contributed by atoms with E-state index in [4.69, 9.17) is 5.10 Å². The number of hydrogen-bond acceptors (Lipinski definition) is 3. The number of nitrogens with one attached hydrogen (secondary N) is 1. The number of hydrogen-bond donors (Lipinski definition) is 1. The van der Waals surface area contributed by atoms with Gasteiger partial charge in [0.15, 0.2) is 0 Å². The van der Waals surface area contributed by atoms with E-state index in [9.17, 15) is 4.79 Å². The molecule has 0 fully saturated rings. The molecule has 0 atom stereocenters. The first kappa shape index (κ1) is 13.8. The Morgan fingerprint density at radius 2 is 2.19 bits per heavy atom. The Balaban J connectivity index is 1.91. The zero-order chi connectivity index (χ0) is 14.7. The topological polar surface area (TPSA) is 59.8 Å². The minimum Gasteiger partial charge on any atom is -0.354 e. The molecule has 2 heterocycles. The Morgan fingerprint density at radius 1 is 1.33 bits per heavy atom. The highest BCUT2D eigenvalue weighted by molar-refractivity contribution is 5.72. The lowest BCUT2D eigenvalue weighted by molar-refractivity contribution is -0.118. The second-order valence-corrected chi connectivity index (χ2v) is 5.40. The molecule has 0 saturated heterocycles. The quantitative estimate of drug-likeness (QED) is 0.933. The van der Waals surface area contributed by atoms with Crippen molar-refractivity contribution in [3.05, 3.63) is 35.7 Å². The van der Waals surface area contributed by atoms with Gasteiger partial charge in [-0.1, -0.05) is 6.07 Å². The van der Waals surface area contributed by atoms with E-state index in [-0.39, 0.29) is 5.91 Å². The summed E-state index contributed by atoms with van der Waals surface area (Å²) in [5, 5.41) is 7.60. The van der Waals surface area contributed by atoms with Crippen LogP contribution in [0, 0.1) is 0 Å². The first-order chi connectivity index (χ1) is 10.3. The predicted octanol–water partition coefficient (Wildman–Crippen LogP) is 1.96. The first-order valence-corrected chi connectivity index (χ1v) is 7.50. The van der Waals surface area contributed by atoms with Crippen molar-refractivity contribution < 1.29 is 4.79 Å². The van der Waals surface area contributed by atoms with Gasteiger partial charge in [0.1, 0.15) is 5.69 Å². The summed E-state index contributed by atoms with van der Waals surface area (Å²) in [5.41, 5.74) is 4.59. The van der Waals surface area contributed by atoms with Gasteiger partial charge in [-0.2, -0.15) is 5.10 Å². The van der Waals surface area contributed by atoms with Gasteiger partial charge < -0.3 is 5.32 Å². The number of fused-ring (bicyclic) bond motifs is 1. The molecule has 21 heavy (non-hydrogen) atoms. The lowest BCUT2D eigenvalue weighted by Gasteiger charge is -2.14. The summed E-state index contributed by atoms with van der Waals surface area (Å²) in [4.78, 5) is 15.4. The maximum absolute atomic E-state index is 11.0. The van der Waals surface area contributed by atoms with E-state index in [1.165, 1.54) is 31.0 Å². The summed E-state index contributed by atoms with van der Waals surface area (Å²) in [7, 11) is 0. The zero-order valence-corrected chi connectivity index (χ0v) is 12.3. The molecule has 1 N–H and O–H groups in total. The largest absolute Gasteiger partial charge is 0.354 e. The fourth-order valence-electron chi connectivity index (χ4n) is 2.90. The molecule has 0 unspecified atom stereocenters. The van der Waals surface area contributed by atoms with Crippen molar-refractivity contribution in [2.75, 3.05) is 6.54 Å². The fraction of sp³-hybridized carbons (Fsp3) is 0.438. The van der Waals surface area contributed by atoms with Gasteiger partial charge in [0.2, 0.25) is 5.91 Å². The molecule has 5 nitrogen and oxygen atoms in total. The number of rotatable bonds is 4. The van der Waals surface area contributed by atoms with Gasteiger partial charge in [0.25, 0.3) is 0 Å². The second-order valence-electron chi connectivity index (χ2n) is 5.40. The maximum atomic E-state index is 11.0. The average molecular weight is 284 g/mol. The normalized spacial score (nSPS) is 13.8. The zero-order valence-electron chi connectivity index (χ0n) is 12.3. The van der Waals surface area contributed by atoms with Crippen LogP contribution in [0.25, 0.3) is 11.4 Å². The number of carbonyl (C=O) groups excluding carboxylic acids is 1. The Labute approximate surface area is 124 Å². The van der Waals surface area contributed by atoms with Gasteiger partial charge in [0, 0.05) is 30.9 Å². The smallest absolute Gasteiger partial charge is 0.216 e. The van der Waals surface area contributed by atoms with Crippen molar-refractivity contribution in [3.8, 4) is 11.4 Å². The maximum Gasteiger partial charge on any atom is 0.216 e. The Bertz CT molecular complexity index is 633. The highest BCUT2D eigenvalue weighted by atomic mass is 16.1. The first-order valence-electron chi connectivity index (χ1n) is 7.50. The van der Waals surface area contributed by atoms with Crippen LogP contribution in [0.4, 0.5) is 0 Å². The summed E-state index contributed by atoms with van der Waals surface area (Å²) in [6.45, 7) is 2.87. The van der Waals surface area contributed by atoms with Gasteiger partial charge in [-0.15, -0.1) is 0 Å². The molecule has 3 rings (SSSR count). The average Bonchev–Trinajstić information content (AvgIpc) is 2.87. The molecule has 2 aromatic heterocycles. The minimum atomic E-state index is 0.000901. The van der Waals surface area contributed by atoms with Crippen LogP contribution in [-0.2, 0) is 24.2 Å². The number of aromatic nitrogens is 3. The third-order valence-corrected chi connectivity index (χ3v) is 3.86. The van der Waals surface area contributed by atoms with E-state index in [1.807, 2.05) is 18.2 Å². The van der Waals surface area contributed by atoms with Crippen LogP contribution in [0.5, 0.6) is 0 Å². The lowest BCUT2D eigenvalue weighted by atomic mass is 9.95. The van der Waals surface area contributed by atoms with E-state index in [0.717, 1.165) is 30.8 Å². The van der Waals surface area contributed by atoms with Crippen LogP contribution in [0.15, 0.2) is 24.4 Å². The second kappa shape index (κ2) is 6.08. The molecule has 0 spiro atoms. The third kappa shape index (κ3) is 2.96. The Kier molecular flexibility index (Phi) is 3.99. The van der Waals surface area contributed by atoms with Crippen molar-refractivity contribution in [2.24, 2.45) is 0 Å². The van der Waals surface area contributed by atoms with Crippen molar-refractivity contribution in [3.63, 3.8) is 0 Å². The Hall–Kier alpha value is -2.17. The summed E-state index contributed by atoms with van der Waals surface area (Å²) >= 11 is 0. The summed E-state index contributed by atoms with van der Waals surface area (Å²) in [6, 6.07) is 5.92. The summed E-state index contributed by atoms with van der Waals surface area (Å²) in [5.74, 6) is 0.000901. The van der Waals surface area contributed by atoms with Crippen LogP contribution >= 0.6 is 0 Å². The van der Waals surface area contributed by atoms with Gasteiger partial charge in [-0.25, -0.2) is 0 Å². The molecule has 1 aliphatic rings. The molecule has 5 heteroatoms. The molecular weight excluding hydrogens is 264 g/mol. The van der Waals surface area contributed by atoms with Gasteiger partial charge in [-0.3, -0.25) is 14.5 Å². The molecule has 0 saturated carbocycles. The third-order valence-electron chi connectivity index (χ3n) is 3.86. The van der Waals surface area contributed by atoms with Gasteiger partial charge >= 0.3 is 0 Å². The van der Waals surface area contributed by atoms with Gasteiger partial charge in [0.05, 0.1) is 12.2 Å². The molecular formula is C16H20N4O. The summed E-state index contributed by atoms with van der Waals surface area (Å²) in [6.07, 6.45) is 6.36. The summed E-state index contributed by atoms with van der Waals surface area (Å²) < 4.78 is 2.05. The molecule has 0 aliphatic heterocycles. The van der Waals surface area contributed by atoms with Crippen molar-refractivity contribution in [1.82, 2.24) is 20.1 Å². The van der Waals surface area contributed by atoms with Crippen molar-refractivity contribution in [1.29, 1.82) is 0 Å². The van der Waals surface area contributed by atoms with Crippen molar-refractivity contribution in [2.45, 2.75) is 39.2 Å². The van der Waals surface area contributed by atoms with Crippen molar-refractivity contribution >= 4 is 5.91 Å². The highest BCUT2D eigenvalue weighted by Crippen LogP contribution is 2.30. The predicted molar refractivity (Wildman–Crippen MR) is 80.8 cm³/mol. The van der Waals surface area contributed by atoms with E-state index in [2.05, 4.69) is 15.0 Å². The monoisotopic (exact) mass is 284 g/mol. The molecule has 2 aromatic rings. The fourth-order valence-corrected chi connectivity index (χ4v) is 2.90. The van der Waals surface area contributed by atoms with Crippen LogP contribution in [0.2, 0.25) is 0 Å². The van der Waals surface area contributed by atoms with Crippen LogP contribution in [0.1, 0.15) is 31.0 Å². The molecule has 0 aromatic carbocycles. The van der Waals surface area contributed by atoms with E-state index < -0.39 is 0 Å². The standard InChI is InChI=1S/C16H20N4O/c1-12(21)17-10-11-20-15-8-3-2-6-13(15)16(19-20)14-7-4-5-9-18-14/h4-5,7,9H,2-3,6,8,10-11H2,1H3,(H,17,21).